The lowest BCUT2D eigenvalue weighted by atomic mass is 10.2. The maximum absolute atomic E-state index is 13.6. The van der Waals surface area contributed by atoms with Gasteiger partial charge in [-0.1, -0.05) is 6.07 Å². The van der Waals surface area contributed by atoms with Gasteiger partial charge in [-0.2, -0.15) is 0 Å². The lowest BCUT2D eigenvalue weighted by Crippen LogP contribution is -2.04. The van der Waals surface area contributed by atoms with Crippen LogP contribution in [0.1, 0.15) is 15.9 Å². The monoisotopic (exact) mass is 314 g/mol. The van der Waals surface area contributed by atoms with Crippen molar-refractivity contribution in [3.05, 3.63) is 65.0 Å². The molecule has 0 saturated heterocycles. The van der Waals surface area contributed by atoms with Crippen LogP contribution in [0.5, 0.6) is 0 Å². The third kappa shape index (κ3) is 3.49. The Labute approximate surface area is 120 Å². The van der Waals surface area contributed by atoms with E-state index >= 15 is 0 Å². The van der Waals surface area contributed by atoms with Crippen molar-refractivity contribution >= 4 is 16.8 Å². The first-order valence-corrected chi connectivity index (χ1v) is 7.05. The minimum Gasteiger partial charge on any atom is -0.478 e. The minimum atomic E-state index is -1.99. The Balaban J connectivity index is 2.32. The van der Waals surface area contributed by atoms with Gasteiger partial charge in [-0.25, -0.2) is 18.0 Å². The molecule has 0 saturated carbocycles. The van der Waals surface area contributed by atoms with E-state index in [1.807, 2.05) is 0 Å². The highest BCUT2D eigenvalue weighted by atomic mass is 32.2. The predicted octanol–water partition coefficient (Wildman–Crippen LogP) is 3.11. The van der Waals surface area contributed by atoms with E-state index in [1.165, 1.54) is 0 Å². The number of benzene rings is 2. The standard InChI is InChI=1S/C14H9F3O3S/c15-10-3-1-9(12(17)6-10)7-21(20)13-5-8(14(18)19)2-4-11(13)16/h1-6H,7H2,(H,18,19). The Morgan fingerprint density at radius 3 is 2.38 bits per heavy atom. The lowest BCUT2D eigenvalue weighted by Gasteiger charge is -2.06. The SMILES string of the molecule is O=C(O)c1ccc(F)c(S(=O)Cc2ccc(F)cc2F)c1. The summed E-state index contributed by atoms with van der Waals surface area (Å²) in [5, 5.41) is 8.82. The molecule has 0 bridgehead atoms. The summed E-state index contributed by atoms with van der Waals surface area (Å²) in [4.78, 5) is 10.5. The van der Waals surface area contributed by atoms with E-state index in [0.717, 1.165) is 30.3 Å². The van der Waals surface area contributed by atoms with Crippen molar-refractivity contribution in [2.45, 2.75) is 10.6 Å². The molecule has 21 heavy (non-hydrogen) atoms. The van der Waals surface area contributed by atoms with Crippen molar-refractivity contribution in [2.75, 3.05) is 0 Å². The van der Waals surface area contributed by atoms with E-state index in [9.17, 15) is 22.2 Å². The molecule has 3 nitrogen and oxygen atoms in total. The molecule has 1 N–H and O–H groups in total. The molecule has 0 spiro atoms. The molecule has 2 aromatic carbocycles. The van der Waals surface area contributed by atoms with Gasteiger partial charge in [-0.05, 0) is 24.3 Å². The number of hydrogen-bond acceptors (Lipinski definition) is 2. The molecule has 0 radical (unpaired) electrons. The molecule has 0 fully saturated rings. The van der Waals surface area contributed by atoms with Gasteiger partial charge in [0, 0.05) is 11.6 Å². The second-order valence-corrected chi connectivity index (χ2v) is 5.60. The van der Waals surface area contributed by atoms with Gasteiger partial charge in [0.25, 0.3) is 0 Å². The van der Waals surface area contributed by atoms with Crippen molar-refractivity contribution in [1.82, 2.24) is 0 Å². The quantitative estimate of drug-likeness (QED) is 0.943. The van der Waals surface area contributed by atoms with E-state index in [0.29, 0.717) is 6.07 Å². The molecule has 1 atom stereocenters. The summed E-state index contributed by atoms with van der Waals surface area (Å²) in [7, 11) is -1.99. The molecule has 0 heterocycles. The molecule has 0 amide bonds. The van der Waals surface area contributed by atoms with E-state index < -0.39 is 34.2 Å². The van der Waals surface area contributed by atoms with Crippen LogP contribution in [0.25, 0.3) is 0 Å². The normalized spacial score (nSPS) is 12.1. The van der Waals surface area contributed by atoms with Gasteiger partial charge in [-0.15, -0.1) is 0 Å². The fourth-order valence-corrected chi connectivity index (χ4v) is 2.88. The molecule has 0 aliphatic heterocycles. The number of hydrogen-bond donors (Lipinski definition) is 1. The van der Waals surface area contributed by atoms with Crippen LogP contribution in [-0.4, -0.2) is 15.3 Å². The molecule has 1 unspecified atom stereocenters. The van der Waals surface area contributed by atoms with Gasteiger partial charge in [0.2, 0.25) is 0 Å². The summed E-state index contributed by atoms with van der Waals surface area (Å²) >= 11 is 0. The Morgan fingerprint density at radius 1 is 1.05 bits per heavy atom. The zero-order valence-corrected chi connectivity index (χ0v) is 11.3. The topological polar surface area (TPSA) is 54.4 Å². The number of aromatic carboxylic acids is 1. The highest BCUT2D eigenvalue weighted by Gasteiger charge is 2.16. The molecular weight excluding hydrogens is 305 g/mol. The second-order valence-electron chi connectivity index (χ2n) is 4.18. The van der Waals surface area contributed by atoms with Crippen LogP contribution in [0.3, 0.4) is 0 Å². The molecule has 2 rings (SSSR count). The van der Waals surface area contributed by atoms with Gasteiger partial charge in [0.1, 0.15) is 17.5 Å². The van der Waals surface area contributed by atoms with Crippen LogP contribution in [0.15, 0.2) is 41.3 Å². The van der Waals surface area contributed by atoms with Crippen LogP contribution in [-0.2, 0) is 16.6 Å². The van der Waals surface area contributed by atoms with Gasteiger partial charge < -0.3 is 5.11 Å². The van der Waals surface area contributed by atoms with Gasteiger partial charge >= 0.3 is 5.97 Å². The third-order valence-electron chi connectivity index (χ3n) is 2.73. The summed E-state index contributed by atoms with van der Waals surface area (Å²) in [6.45, 7) is 0. The Hall–Kier alpha value is -2.15. The fraction of sp³-hybridized carbons (Fsp3) is 0.0714. The number of carbonyl (C=O) groups is 1. The maximum atomic E-state index is 13.6. The number of carboxylic acid groups (broad SMARTS) is 1. The van der Waals surface area contributed by atoms with Crippen LogP contribution in [0, 0.1) is 17.5 Å². The molecular formula is C14H9F3O3S. The van der Waals surface area contributed by atoms with E-state index in [1.54, 1.807) is 0 Å². The first kappa shape index (κ1) is 15.2. The largest absolute Gasteiger partial charge is 0.478 e. The highest BCUT2D eigenvalue weighted by Crippen LogP contribution is 2.20. The van der Waals surface area contributed by atoms with Crippen LogP contribution >= 0.6 is 0 Å². The molecule has 0 aliphatic rings. The molecule has 0 aromatic heterocycles. The number of halogens is 3. The average molecular weight is 314 g/mol. The summed E-state index contributed by atoms with van der Waals surface area (Å²) < 4.78 is 51.9. The Morgan fingerprint density at radius 2 is 1.76 bits per heavy atom. The van der Waals surface area contributed by atoms with Crippen molar-refractivity contribution < 1.29 is 27.3 Å². The van der Waals surface area contributed by atoms with Crippen molar-refractivity contribution in [3.8, 4) is 0 Å². The molecule has 7 heteroatoms. The molecule has 2 aromatic rings. The van der Waals surface area contributed by atoms with E-state index in [4.69, 9.17) is 5.11 Å². The second kappa shape index (κ2) is 6.09. The highest BCUT2D eigenvalue weighted by molar-refractivity contribution is 7.84. The predicted molar refractivity (Wildman–Crippen MR) is 69.8 cm³/mol. The third-order valence-corrected chi connectivity index (χ3v) is 4.10. The summed E-state index contributed by atoms with van der Waals surface area (Å²) in [6, 6.07) is 5.61. The van der Waals surface area contributed by atoms with Crippen molar-refractivity contribution in [2.24, 2.45) is 0 Å². The summed E-state index contributed by atoms with van der Waals surface area (Å²) in [5.41, 5.74) is -0.269. The van der Waals surface area contributed by atoms with Gasteiger partial charge in [0.05, 0.1) is 27.0 Å². The van der Waals surface area contributed by atoms with Gasteiger partial charge in [-0.3, -0.25) is 4.21 Å². The Bertz CT molecular complexity index is 731. The minimum absolute atomic E-state index is 0.0464. The average Bonchev–Trinajstić information content (AvgIpc) is 2.42. The first-order valence-electron chi connectivity index (χ1n) is 5.73. The fourth-order valence-electron chi connectivity index (χ4n) is 1.67. The molecule has 0 aliphatic carbocycles. The van der Waals surface area contributed by atoms with E-state index in [2.05, 4.69) is 0 Å². The zero-order chi connectivity index (χ0) is 15.6. The number of carboxylic acids is 1. The van der Waals surface area contributed by atoms with Crippen LogP contribution in [0.2, 0.25) is 0 Å². The van der Waals surface area contributed by atoms with Crippen molar-refractivity contribution in [3.63, 3.8) is 0 Å². The van der Waals surface area contributed by atoms with Crippen molar-refractivity contribution in [1.29, 1.82) is 0 Å². The summed E-state index contributed by atoms with van der Waals surface area (Å²) in [6.07, 6.45) is 0. The van der Waals surface area contributed by atoms with Crippen LogP contribution in [0.4, 0.5) is 13.2 Å². The van der Waals surface area contributed by atoms with Crippen LogP contribution < -0.4 is 0 Å². The Kier molecular flexibility index (Phi) is 4.42. The number of rotatable bonds is 4. The van der Waals surface area contributed by atoms with Gasteiger partial charge in [0.15, 0.2) is 0 Å². The summed E-state index contributed by atoms with van der Waals surface area (Å²) in [5.74, 6) is -4.19. The zero-order valence-electron chi connectivity index (χ0n) is 10.5. The first-order chi connectivity index (χ1) is 9.88. The van der Waals surface area contributed by atoms with E-state index in [-0.39, 0.29) is 21.8 Å². The molecule has 110 valence electrons. The smallest absolute Gasteiger partial charge is 0.335 e. The maximum Gasteiger partial charge on any atom is 0.335 e. The lowest BCUT2D eigenvalue weighted by molar-refractivity contribution is 0.0696.